The van der Waals surface area contributed by atoms with E-state index in [1.807, 2.05) is 31.4 Å². The van der Waals surface area contributed by atoms with Crippen LogP contribution in [0.1, 0.15) is 0 Å². The largest absolute Gasteiger partial charge is 0.323 e. The van der Waals surface area contributed by atoms with Gasteiger partial charge in [0.1, 0.15) is 5.69 Å². The highest BCUT2D eigenvalue weighted by Gasteiger charge is 2.12. The number of hydrogen-bond donors (Lipinski definition) is 2. The Balaban J connectivity index is 1.56. The van der Waals surface area contributed by atoms with Crippen molar-refractivity contribution in [3.05, 3.63) is 49.2 Å². The first-order valence-electron chi connectivity index (χ1n) is 7.67. The Hall–Kier alpha value is -3.75. The molecule has 2 N–H and O–H groups in total. The molecule has 0 radical (unpaired) electrons. The predicted octanol–water partition coefficient (Wildman–Crippen LogP) is 2.14. The van der Waals surface area contributed by atoms with Gasteiger partial charge in [-0.25, -0.2) is 4.52 Å². The zero-order valence-corrected chi connectivity index (χ0v) is 13.2. The van der Waals surface area contributed by atoms with Gasteiger partial charge in [-0.2, -0.15) is 15.2 Å². The van der Waals surface area contributed by atoms with Crippen molar-refractivity contribution >= 4 is 28.2 Å². The first kappa shape index (κ1) is 13.7. The molecule has 0 unspecified atom stereocenters. The lowest BCUT2D eigenvalue weighted by atomic mass is 10.2. The SMILES string of the molecule is Cn1cc(-c2nccn3nc(Nc4ccc5cn[nH]c5c4)nc23)cn1. The minimum atomic E-state index is 0.497. The second-order valence-corrected chi connectivity index (χ2v) is 5.68. The number of aromatic nitrogens is 8. The summed E-state index contributed by atoms with van der Waals surface area (Å²) < 4.78 is 3.43. The van der Waals surface area contributed by atoms with Crippen molar-refractivity contribution in [2.75, 3.05) is 5.32 Å². The van der Waals surface area contributed by atoms with Crippen LogP contribution >= 0.6 is 0 Å². The van der Waals surface area contributed by atoms with Crippen LogP contribution in [0.2, 0.25) is 0 Å². The minimum absolute atomic E-state index is 0.497. The van der Waals surface area contributed by atoms with Gasteiger partial charge < -0.3 is 5.32 Å². The molecule has 0 aliphatic heterocycles. The first-order valence-corrected chi connectivity index (χ1v) is 7.67. The van der Waals surface area contributed by atoms with Crippen LogP contribution in [0.4, 0.5) is 11.6 Å². The summed E-state index contributed by atoms with van der Waals surface area (Å²) in [5.41, 5.74) is 4.13. The van der Waals surface area contributed by atoms with Gasteiger partial charge in [0, 0.05) is 42.3 Å². The molecule has 9 heteroatoms. The number of rotatable bonds is 3. The lowest BCUT2D eigenvalue weighted by Gasteiger charge is -2.00. The summed E-state index contributed by atoms with van der Waals surface area (Å²) in [5, 5.41) is 19.9. The third-order valence-corrected chi connectivity index (χ3v) is 3.93. The molecule has 0 saturated heterocycles. The van der Waals surface area contributed by atoms with E-state index in [4.69, 9.17) is 0 Å². The number of hydrogen-bond acceptors (Lipinski definition) is 6. The van der Waals surface area contributed by atoms with Crippen molar-refractivity contribution in [3.63, 3.8) is 0 Å². The van der Waals surface area contributed by atoms with E-state index in [1.165, 1.54) is 0 Å². The fraction of sp³-hybridized carbons (Fsp3) is 0.0625. The highest BCUT2D eigenvalue weighted by Crippen LogP contribution is 2.23. The molecule has 1 aromatic carbocycles. The fourth-order valence-electron chi connectivity index (χ4n) is 2.76. The van der Waals surface area contributed by atoms with Crippen molar-refractivity contribution in [2.45, 2.75) is 0 Å². The highest BCUT2D eigenvalue weighted by atomic mass is 15.4. The van der Waals surface area contributed by atoms with Gasteiger partial charge in [-0.05, 0) is 18.2 Å². The second-order valence-electron chi connectivity index (χ2n) is 5.68. The molecule has 0 amide bonds. The maximum atomic E-state index is 4.58. The summed E-state index contributed by atoms with van der Waals surface area (Å²) in [6.07, 6.45) is 8.91. The van der Waals surface area contributed by atoms with E-state index in [2.05, 4.69) is 35.7 Å². The van der Waals surface area contributed by atoms with E-state index < -0.39 is 0 Å². The van der Waals surface area contributed by atoms with Crippen LogP contribution < -0.4 is 5.32 Å². The van der Waals surface area contributed by atoms with Gasteiger partial charge in [0.2, 0.25) is 5.95 Å². The topological polar surface area (TPSA) is 102 Å². The highest BCUT2D eigenvalue weighted by molar-refractivity contribution is 5.82. The molecule has 0 spiro atoms. The van der Waals surface area contributed by atoms with Gasteiger partial charge in [-0.15, -0.1) is 5.10 Å². The maximum Gasteiger partial charge on any atom is 0.247 e. The normalized spacial score (nSPS) is 11.4. The van der Waals surface area contributed by atoms with Crippen molar-refractivity contribution in [1.82, 2.24) is 39.6 Å². The quantitative estimate of drug-likeness (QED) is 0.525. The Morgan fingerprint density at radius 3 is 3.04 bits per heavy atom. The number of anilines is 2. The monoisotopic (exact) mass is 331 g/mol. The van der Waals surface area contributed by atoms with Crippen LogP contribution in [0.25, 0.3) is 27.8 Å². The van der Waals surface area contributed by atoms with Gasteiger partial charge in [0.05, 0.1) is 17.9 Å². The van der Waals surface area contributed by atoms with Crippen LogP contribution in [-0.4, -0.2) is 39.6 Å². The van der Waals surface area contributed by atoms with Gasteiger partial charge in [-0.3, -0.25) is 14.8 Å². The number of fused-ring (bicyclic) bond motifs is 2. The zero-order chi connectivity index (χ0) is 16.8. The first-order chi connectivity index (χ1) is 12.3. The number of aromatic amines is 1. The van der Waals surface area contributed by atoms with Crippen LogP contribution in [0.5, 0.6) is 0 Å². The van der Waals surface area contributed by atoms with Crippen LogP contribution in [0, 0.1) is 0 Å². The van der Waals surface area contributed by atoms with E-state index in [9.17, 15) is 0 Å². The molecule has 5 rings (SSSR count). The molecule has 4 aromatic heterocycles. The molecule has 0 saturated carbocycles. The average molecular weight is 331 g/mol. The van der Waals surface area contributed by atoms with Crippen molar-refractivity contribution in [2.24, 2.45) is 7.05 Å². The number of aryl methyl sites for hydroxylation is 1. The summed E-state index contributed by atoms with van der Waals surface area (Å²) in [5.74, 6) is 0.497. The van der Waals surface area contributed by atoms with Crippen molar-refractivity contribution < 1.29 is 0 Å². The average Bonchev–Trinajstić information content (AvgIpc) is 3.32. The van der Waals surface area contributed by atoms with E-state index in [-0.39, 0.29) is 0 Å². The summed E-state index contributed by atoms with van der Waals surface area (Å²) in [6.45, 7) is 0. The Morgan fingerprint density at radius 1 is 1.20 bits per heavy atom. The fourth-order valence-corrected chi connectivity index (χ4v) is 2.76. The summed E-state index contributed by atoms with van der Waals surface area (Å²) in [6, 6.07) is 5.91. The Kier molecular flexibility index (Phi) is 2.80. The molecule has 25 heavy (non-hydrogen) atoms. The lowest BCUT2D eigenvalue weighted by Crippen LogP contribution is -1.93. The van der Waals surface area contributed by atoms with E-state index in [0.717, 1.165) is 27.8 Å². The van der Waals surface area contributed by atoms with Gasteiger partial charge in [0.15, 0.2) is 5.65 Å². The third-order valence-electron chi connectivity index (χ3n) is 3.93. The Labute approximate surface area is 141 Å². The maximum absolute atomic E-state index is 4.58. The van der Waals surface area contributed by atoms with Gasteiger partial charge >= 0.3 is 0 Å². The minimum Gasteiger partial charge on any atom is -0.323 e. The van der Waals surface area contributed by atoms with E-state index in [0.29, 0.717) is 11.6 Å². The molecule has 122 valence electrons. The number of nitrogens with one attached hydrogen (secondary N) is 2. The van der Waals surface area contributed by atoms with Gasteiger partial charge in [-0.1, -0.05) is 0 Å². The Morgan fingerprint density at radius 2 is 2.16 bits per heavy atom. The molecule has 0 aliphatic carbocycles. The lowest BCUT2D eigenvalue weighted by molar-refractivity contribution is 0.768. The molecule has 0 bridgehead atoms. The van der Waals surface area contributed by atoms with Crippen molar-refractivity contribution in [1.29, 1.82) is 0 Å². The molecular weight excluding hydrogens is 318 g/mol. The van der Waals surface area contributed by atoms with Crippen LogP contribution in [0.15, 0.2) is 49.2 Å². The van der Waals surface area contributed by atoms with Crippen molar-refractivity contribution in [3.8, 4) is 11.3 Å². The number of H-pyrrole nitrogens is 1. The molecule has 0 atom stereocenters. The zero-order valence-electron chi connectivity index (χ0n) is 13.2. The third kappa shape index (κ3) is 2.29. The second kappa shape index (κ2) is 5.13. The Bertz CT molecular complexity index is 1200. The molecule has 5 aromatic rings. The predicted molar refractivity (Wildman–Crippen MR) is 92.4 cm³/mol. The standard InChI is InChI=1S/C16H13N9/c1-24-9-11(8-19-24)14-15-21-16(23-25(15)5-4-17-14)20-12-3-2-10-7-18-22-13(10)6-12/h2-9H,1H3,(H,18,22)(H,20,23). The molecule has 0 fully saturated rings. The summed E-state index contributed by atoms with van der Waals surface area (Å²) in [4.78, 5) is 9.00. The van der Waals surface area contributed by atoms with Crippen LogP contribution in [0.3, 0.4) is 0 Å². The smallest absolute Gasteiger partial charge is 0.247 e. The number of benzene rings is 1. The molecule has 4 heterocycles. The molecule has 0 aliphatic rings. The van der Waals surface area contributed by atoms with Gasteiger partial charge in [0.25, 0.3) is 0 Å². The summed E-state index contributed by atoms with van der Waals surface area (Å²) >= 11 is 0. The molecular formula is C16H13N9. The number of nitrogens with zero attached hydrogens (tertiary/aromatic N) is 7. The molecule has 9 nitrogen and oxygen atoms in total. The van der Waals surface area contributed by atoms with E-state index in [1.54, 1.807) is 34.0 Å². The summed E-state index contributed by atoms with van der Waals surface area (Å²) in [7, 11) is 1.87. The van der Waals surface area contributed by atoms with Crippen LogP contribution in [-0.2, 0) is 7.05 Å². The van der Waals surface area contributed by atoms with E-state index >= 15 is 0 Å².